The highest BCUT2D eigenvalue weighted by atomic mass is 16.5. The Morgan fingerprint density at radius 1 is 1.44 bits per heavy atom. The van der Waals surface area contributed by atoms with Gasteiger partial charge in [-0.15, -0.1) is 0 Å². The zero-order chi connectivity index (χ0) is 13.1. The molecule has 1 aliphatic heterocycles. The highest BCUT2D eigenvalue weighted by molar-refractivity contribution is 5.37. The number of hydrogen-bond donors (Lipinski definition) is 2. The number of aryl methyl sites for hydroxylation is 1. The van der Waals surface area contributed by atoms with Crippen molar-refractivity contribution in [1.82, 2.24) is 5.32 Å². The largest absolute Gasteiger partial charge is 0.508 e. The Kier molecular flexibility index (Phi) is 4.25. The minimum absolute atomic E-state index is 0.167. The number of phenolic OH excluding ortho intramolecular Hbond substituents is 1. The lowest BCUT2D eigenvalue weighted by Crippen LogP contribution is -2.39. The van der Waals surface area contributed by atoms with Crippen molar-refractivity contribution in [3.8, 4) is 5.75 Å². The fourth-order valence-corrected chi connectivity index (χ4v) is 2.61. The van der Waals surface area contributed by atoms with Crippen molar-refractivity contribution >= 4 is 0 Å². The van der Waals surface area contributed by atoms with Gasteiger partial charge in [-0.05, 0) is 45.2 Å². The quantitative estimate of drug-likeness (QED) is 0.865. The monoisotopic (exact) mass is 249 g/mol. The molecule has 1 aromatic carbocycles. The van der Waals surface area contributed by atoms with Crippen LogP contribution in [-0.2, 0) is 4.74 Å². The van der Waals surface area contributed by atoms with Gasteiger partial charge >= 0.3 is 0 Å². The van der Waals surface area contributed by atoms with E-state index in [2.05, 4.69) is 19.2 Å². The van der Waals surface area contributed by atoms with Crippen LogP contribution in [0.3, 0.4) is 0 Å². The van der Waals surface area contributed by atoms with Gasteiger partial charge in [-0.1, -0.05) is 12.1 Å². The van der Waals surface area contributed by atoms with Crippen molar-refractivity contribution in [3.63, 3.8) is 0 Å². The molecular weight excluding hydrogens is 226 g/mol. The van der Waals surface area contributed by atoms with Crippen molar-refractivity contribution in [2.24, 2.45) is 0 Å². The molecule has 0 spiro atoms. The van der Waals surface area contributed by atoms with E-state index in [0.29, 0.717) is 17.9 Å². The van der Waals surface area contributed by atoms with Gasteiger partial charge in [0.15, 0.2) is 0 Å². The molecule has 1 saturated heterocycles. The highest BCUT2D eigenvalue weighted by Gasteiger charge is 2.21. The van der Waals surface area contributed by atoms with Gasteiger partial charge in [0.05, 0.1) is 6.10 Å². The van der Waals surface area contributed by atoms with E-state index < -0.39 is 0 Å². The summed E-state index contributed by atoms with van der Waals surface area (Å²) in [6, 6.07) is 6.51. The van der Waals surface area contributed by atoms with E-state index in [1.807, 2.05) is 25.1 Å². The summed E-state index contributed by atoms with van der Waals surface area (Å²) >= 11 is 0. The Labute approximate surface area is 109 Å². The molecule has 3 nitrogen and oxygen atoms in total. The normalized spacial score (nSPS) is 25.9. The maximum absolute atomic E-state index is 9.98. The van der Waals surface area contributed by atoms with Gasteiger partial charge in [-0.2, -0.15) is 0 Å². The molecular formula is C15H23NO2. The molecule has 0 aliphatic carbocycles. The van der Waals surface area contributed by atoms with E-state index in [1.54, 1.807) is 0 Å². The predicted molar refractivity (Wildman–Crippen MR) is 72.8 cm³/mol. The van der Waals surface area contributed by atoms with Gasteiger partial charge in [-0.3, -0.25) is 0 Å². The SMILES string of the molecule is Cc1ccc(C(C)NC2CCOC(C)C2)c(O)c1. The number of phenols is 1. The van der Waals surface area contributed by atoms with Crippen LogP contribution in [0, 0.1) is 6.92 Å². The molecule has 3 heteroatoms. The Bertz CT molecular complexity index is 405. The lowest BCUT2D eigenvalue weighted by atomic mass is 10.00. The summed E-state index contributed by atoms with van der Waals surface area (Å²) in [7, 11) is 0. The van der Waals surface area contributed by atoms with Crippen molar-refractivity contribution < 1.29 is 9.84 Å². The first-order chi connectivity index (χ1) is 8.56. The second-order valence-electron chi connectivity index (χ2n) is 5.35. The lowest BCUT2D eigenvalue weighted by Gasteiger charge is -2.30. The summed E-state index contributed by atoms with van der Waals surface area (Å²) in [6.45, 7) is 7.03. The molecule has 18 heavy (non-hydrogen) atoms. The molecule has 3 unspecified atom stereocenters. The summed E-state index contributed by atoms with van der Waals surface area (Å²) in [4.78, 5) is 0. The standard InChI is InChI=1S/C15H23NO2/c1-10-4-5-14(15(17)8-10)12(3)16-13-6-7-18-11(2)9-13/h4-5,8,11-13,16-17H,6-7,9H2,1-3H3. The fourth-order valence-electron chi connectivity index (χ4n) is 2.61. The number of ether oxygens (including phenoxy) is 1. The third-order valence-corrected chi connectivity index (χ3v) is 3.62. The maximum atomic E-state index is 9.98. The molecule has 1 heterocycles. The topological polar surface area (TPSA) is 41.5 Å². The minimum Gasteiger partial charge on any atom is -0.508 e. The molecule has 0 aromatic heterocycles. The molecule has 1 aliphatic rings. The van der Waals surface area contributed by atoms with Gasteiger partial charge in [0.1, 0.15) is 5.75 Å². The van der Waals surface area contributed by atoms with Crippen LogP contribution in [-0.4, -0.2) is 23.9 Å². The zero-order valence-corrected chi connectivity index (χ0v) is 11.4. The van der Waals surface area contributed by atoms with E-state index in [0.717, 1.165) is 30.6 Å². The number of aromatic hydroxyl groups is 1. The van der Waals surface area contributed by atoms with Crippen LogP contribution in [0.1, 0.15) is 43.9 Å². The van der Waals surface area contributed by atoms with E-state index in [-0.39, 0.29) is 6.04 Å². The third kappa shape index (κ3) is 3.24. The van der Waals surface area contributed by atoms with Crippen molar-refractivity contribution in [2.45, 2.75) is 51.8 Å². The lowest BCUT2D eigenvalue weighted by molar-refractivity contribution is 0.0115. The van der Waals surface area contributed by atoms with Crippen molar-refractivity contribution in [1.29, 1.82) is 0 Å². The number of hydrogen-bond acceptors (Lipinski definition) is 3. The van der Waals surface area contributed by atoms with Crippen molar-refractivity contribution in [2.75, 3.05) is 6.61 Å². The molecule has 0 bridgehead atoms. The summed E-state index contributed by atoms with van der Waals surface area (Å²) in [5, 5.41) is 13.6. The molecule has 2 N–H and O–H groups in total. The van der Waals surface area contributed by atoms with Crippen LogP contribution in [0.4, 0.5) is 0 Å². The average molecular weight is 249 g/mol. The Morgan fingerprint density at radius 2 is 2.22 bits per heavy atom. The second-order valence-corrected chi connectivity index (χ2v) is 5.35. The van der Waals surface area contributed by atoms with Crippen LogP contribution >= 0.6 is 0 Å². The van der Waals surface area contributed by atoms with Gasteiger partial charge in [0.25, 0.3) is 0 Å². The van der Waals surface area contributed by atoms with E-state index in [4.69, 9.17) is 4.74 Å². The minimum atomic E-state index is 0.167. The molecule has 100 valence electrons. The van der Waals surface area contributed by atoms with Gasteiger partial charge in [0, 0.05) is 24.3 Å². The summed E-state index contributed by atoms with van der Waals surface area (Å²) in [6.07, 6.45) is 2.41. The number of rotatable bonds is 3. The molecule has 1 aromatic rings. The molecule has 1 fully saturated rings. The maximum Gasteiger partial charge on any atom is 0.120 e. The molecule has 0 radical (unpaired) electrons. The average Bonchev–Trinajstić information content (AvgIpc) is 2.28. The van der Waals surface area contributed by atoms with Gasteiger partial charge < -0.3 is 15.2 Å². The Morgan fingerprint density at radius 3 is 2.89 bits per heavy atom. The summed E-state index contributed by atoms with van der Waals surface area (Å²) < 4.78 is 5.55. The summed E-state index contributed by atoms with van der Waals surface area (Å²) in [5.74, 6) is 0.384. The van der Waals surface area contributed by atoms with E-state index >= 15 is 0 Å². The van der Waals surface area contributed by atoms with Crippen LogP contribution < -0.4 is 5.32 Å². The first-order valence-corrected chi connectivity index (χ1v) is 6.73. The van der Waals surface area contributed by atoms with Crippen molar-refractivity contribution in [3.05, 3.63) is 29.3 Å². The van der Waals surface area contributed by atoms with E-state index in [9.17, 15) is 5.11 Å². The number of benzene rings is 1. The van der Waals surface area contributed by atoms with Crippen LogP contribution in [0.15, 0.2) is 18.2 Å². The molecule has 0 saturated carbocycles. The first-order valence-electron chi connectivity index (χ1n) is 6.73. The van der Waals surface area contributed by atoms with Crippen LogP contribution in [0.5, 0.6) is 5.75 Å². The third-order valence-electron chi connectivity index (χ3n) is 3.62. The van der Waals surface area contributed by atoms with Gasteiger partial charge in [0.2, 0.25) is 0 Å². The first kappa shape index (κ1) is 13.4. The number of nitrogens with one attached hydrogen (secondary N) is 1. The Balaban J connectivity index is 2.00. The van der Waals surface area contributed by atoms with Crippen LogP contribution in [0.25, 0.3) is 0 Å². The molecule has 2 rings (SSSR count). The molecule has 0 amide bonds. The predicted octanol–water partition coefficient (Wildman–Crippen LogP) is 2.92. The van der Waals surface area contributed by atoms with Crippen LogP contribution in [0.2, 0.25) is 0 Å². The highest BCUT2D eigenvalue weighted by Crippen LogP contribution is 2.26. The second kappa shape index (κ2) is 5.72. The van der Waals surface area contributed by atoms with Gasteiger partial charge in [-0.25, -0.2) is 0 Å². The Hall–Kier alpha value is -1.06. The summed E-state index contributed by atoms with van der Waals surface area (Å²) in [5.41, 5.74) is 2.06. The smallest absolute Gasteiger partial charge is 0.120 e. The zero-order valence-electron chi connectivity index (χ0n) is 11.4. The molecule has 3 atom stereocenters. The van der Waals surface area contributed by atoms with E-state index in [1.165, 1.54) is 0 Å². The fraction of sp³-hybridized carbons (Fsp3) is 0.600.